The average molecular weight is 334 g/mol. The summed E-state index contributed by atoms with van der Waals surface area (Å²) in [5.74, 6) is 0.103. The summed E-state index contributed by atoms with van der Waals surface area (Å²) in [7, 11) is 1.89. The van der Waals surface area contributed by atoms with E-state index >= 15 is 0 Å². The number of benzene rings is 1. The number of carbonyl (C=O) groups excluding carboxylic acids is 1. The number of amides is 1. The summed E-state index contributed by atoms with van der Waals surface area (Å²) in [5, 5.41) is 3.33. The van der Waals surface area contributed by atoms with Gasteiger partial charge in [-0.05, 0) is 43.7 Å². The van der Waals surface area contributed by atoms with Gasteiger partial charge in [0.25, 0.3) is 5.91 Å². The highest BCUT2D eigenvalue weighted by Gasteiger charge is 2.22. The number of hydrogen-bond donors (Lipinski definition) is 1. The lowest BCUT2D eigenvalue weighted by molar-refractivity contribution is 0.0708. The maximum atomic E-state index is 12.2. The number of halogens is 2. The molecule has 0 saturated carbocycles. The van der Waals surface area contributed by atoms with Gasteiger partial charge in [-0.3, -0.25) is 4.79 Å². The molecule has 0 aromatic heterocycles. The molecule has 1 aromatic carbocycles. The molecule has 0 aliphatic carbocycles. The molecule has 18 heavy (non-hydrogen) atoms. The van der Waals surface area contributed by atoms with Crippen LogP contribution in [0.15, 0.2) is 28.7 Å². The molecule has 1 heterocycles. The second-order valence-corrected chi connectivity index (χ2v) is 5.34. The molecule has 3 nitrogen and oxygen atoms in total. The molecule has 100 valence electrons. The van der Waals surface area contributed by atoms with Gasteiger partial charge in [-0.2, -0.15) is 0 Å². The van der Waals surface area contributed by atoms with Crippen LogP contribution in [-0.4, -0.2) is 37.0 Å². The molecule has 0 spiro atoms. The van der Waals surface area contributed by atoms with E-state index in [2.05, 4.69) is 21.2 Å². The molecule has 1 atom stereocenters. The van der Waals surface area contributed by atoms with Crippen molar-refractivity contribution in [3.8, 4) is 0 Å². The molecule has 0 radical (unpaired) electrons. The minimum absolute atomic E-state index is 0. The van der Waals surface area contributed by atoms with Crippen LogP contribution in [0.4, 0.5) is 0 Å². The number of piperidine rings is 1. The zero-order chi connectivity index (χ0) is 12.3. The van der Waals surface area contributed by atoms with Crippen LogP contribution < -0.4 is 5.32 Å². The fourth-order valence-corrected chi connectivity index (χ4v) is 2.39. The fourth-order valence-electron chi connectivity index (χ4n) is 2.13. The van der Waals surface area contributed by atoms with Gasteiger partial charge in [-0.1, -0.05) is 15.9 Å². The molecule has 1 aromatic rings. The Morgan fingerprint density at radius 3 is 2.61 bits per heavy atom. The van der Waals surface area contributed by atoms with Crippen molar-refractivity contribution in [3.63, 3.8) is 0 Å². The van der Waals surface area contributed by atoms with Crippen molar-refractivity contribution in [2.24, 2.45) is 0 Å². The molecule has 1 fully saturated rings. The number of carbonyl (C=O) groups is 1. The van der Waals surface area contributed by atoms with Gasteiger partial charge in [0, 0.05) is 29.7 Å². The highest BCUT2D eigenvalue weighted by atomic mass is 79.9. The van der Waals surface area contributed by atoms with E-state index in [0.717, 1.165) is 36.0 Å². The maximum absolute atomic E-state index is 12.2. The van der Waals surface area contributed by atoms with Crippen molar-refractivity contribution in [2.45, 2.75) is 18.9 Å². The highest BCUT2D eigenvalue weighted by Crippen LogP contribution is 2.15. The van der Waals surface area contributed by atoms with Crippen LogP contribution >= 0.6 is 28.3 Å². The molecular formula is C13H18BrClN2O. The van der Waals surface area contributed by atoms with Crippen LogP contribution in [0.3, 0.4) is 0 Å². The summed E-state index contributed by atoms with van der Waals surface area (Å²) < 4.78 is 0.996. The molecule has 2 rings (SSSR count). The predicted octanol–water partition coefficient (Wildman–Crippen LogP) is 2.69. The Morgan fingerprint density at radius 1 is 1.39 bits per heavy atom. The molecular weight excluding hydrogens is 316 g/mol. The van der Waals surface area contributed by atoms with E-state index in [1.165, 1.54) is 0 Å². The van der Waals surface area contributed by atoms with Crippen molar-refractivity contribution in [2.75, 3.05) is 20.1 Å². The standard InChI is InChI=1S/C13H17BrN2O.ClH/c1-16(12-3-2-8-15-9-12)13(17)10-4-6-11(14)7-5-10;/h4-7,12,15H,2-3,8-9H2,1H3;1H/t12-;/m1./s1. The summed E-state index contributed by atoms with van der Waals surface area (Å²) in [6.45, 7) is 1.97. The van der Waals surface area contributed by atoms with Crippen LogP contribution in [0.1, 0.15) is 23.2 Å². The average Bonchev–Trinajstić information content (AvgIpc) is 2.39. The highest BCUT2D eigenvalue weighted by molar-refractivity contribution is 9.10. The van der Waals surface area contributed by atoms with Crippen LogP contribution in [0.5, 0.6) is 0 Å². The van der Waals surface area contributed by atoms with Crippen LogP contribution in [-0.2, 0) is 0 Å². The van der Waals surface area contributed by atoms with E-state index in [-0.39, 0.29) is 18.3 Å². The fraction of sp³-hybridized carbons (Fsp3) is 0.462. The Hall–Kier alpha value is -0.580. The summed E-state index contributed by atoms with van der Waals surface area (Å²) in [5.41, 5.74) is 0.751. The van der Waals surface area contributed by atoms with Gasteiger partial charge in [-0.25, -0.2) is 0 Å². The first kappa shape index (κ1) is 15.5. The lowest BCUT2D eigenvalue weighted by atomic mass is 10.1. The van der Waals surface area contributed by atoms with E-state index < -0.39 is 0 Å². The van der Waals surface area contributed by atoms with Crippen molar-refractivity contribution >= 4 is 34.2 Å². The lowest BCUT2D eigenvalue weighted by Crippen LogP contribution is -2.46. The summed E-state index contributed by atoms with van der Waals surface area (Å²) in [6.07, 6.45) is 2.23. The van der Waals surface area contributed by atoms with Crippen molar-refractivity contribution in [1.29, 1.82) is 0 Å². The zero-order valence-electron chi connectivity index (χ0n) is 10.4. The quantitative estimate of drug-likeness (QED) is 0.902. The van der Waals surface area contributed by atoms with Gasteiger partial charge in [-0.15, -0.1) is 12.4 Å². The first-order valence-electron chi connectivity index (χ1n) is 5.92. The first-order valence-corrected chi connectivity index (χ1v) is 6.71. The van der Waals surface area contributed by atoms with Gasteiger partial charge in [0.1, 0.15) is 0 Å². The molecule has 1 saturated heterocycles. The van der Waals surface area contributed by atoms with Gasteiger partial charge >= 0.3 is 0 Å². The largest absolute Gasteiger partial charge is 0.337 e. The third-order valence-electron chi connectivity index (χ3n) is 3.23. The van der Waals surface area contributed by atoms with Crippen molar-refractivity contribution < 1.29 is 4.79 Å². The van der Waals surface area contributed by atoms with Crippen molar-refractivity contribution in [1.82, 2.24) is 10.2 Å². The molecule has 1 N–H and O–H groups in total. The Morgan fingerprint density at radius 2 is 2.06 bits per heavy atom. The van der Waals surface area contributed by atoms with Crippen LogP contribution in [0, 0.1) is 0 Å². The molecule has 1 aliphatic heterocycles. The number of hydrogen-bond acceptors (Lipinski definition) is 2. The van der Waals surface area contributed by atoms with Gasteiger partial charge in [0.2, 0.25) is 0 Å². The normalized spacial score (nSPS) is 18.9. The topological polar surface area (TPSA) is 32.3 Å². The number of likely N-dealkylation sites (N-methyl/N-ethyl adjacent to an activating group) is 1. The monoisotopic (exact) mass is 332 g/mol. The second-order valence-electron chi connectivity index (χ2n) is 4.42. The third-order valence-corrected chi connectivity index (χ3v) is 3.76. The molecule has 1 aliphatic rings. The molecule has 0 unspecified atom stereocenters. The third kappa shape index (κ3) is 3.70. The predicted molar refractivity (Wildman–Crippen MR) is 79.4 cm³/mol. The summed E-state index contributed by atoms with van der Waals surface area (Å²) in [6, 6.07) is 7.85. The zero-order valence-corrected chi connectivity index (χ0v) is 12.8. The Kier molecular flexibility index (Phi) is 6.12. The van der Waals surface area contributed by atoms with Gasteiger partial charge in [0.05, 0.1) is 0 Å². The van der Waals surface area contributed by atoms with E-state index in [9.17, 15) is 4.79 Å². The second kappa shape index (κ2) is 7.12. The summed E-state index contributed by atoms with van der Waals surface area (Å²) >= 11 is 3.37. The maximum Gasteiger partial charge on any atom is 0.253 e. The number of nitrogens with one attached hydrogen (secondary N) is 1. The van der Waals surface area contributed by atoms with E-state index in [0.29, 0.717) is 6.04 Å². The smallest absolute Gasteiger partial charge is 0.253 e. The molecule has 1 amide bonds. The van der Waals surface area contributed by atoms with Gasteiger partial charge in [0.15, 0.2) is 0 Å². The SMILES string of the molecule is CN(C(=O)c1ccc(Br)cc1)[C@@H]1CCCNC1.Cl. The van der Waals surface area contributed by atoms with E-state index in [1.54, 1.807) is 0 Å². The summed E-state index contributed by atoms with van der Waals surface area (Å²) in [4.78, 5) is 14.1. The van der Waals surface area contributed by atoms with E-state index in [4.69, 9.17) is 0 Å². The minimum atomic E-state index is 0. The minimum Gasteiger partial charge on any atom is -0.337 e. The molecule has 0 bridgehead atoms. The van der Waals surface area contributed by atoms with Crippen LogP contribution in [0.25, 0.3) is 0 Å². The first-order chi connectivity index (χ1) is 8.18. The van der Waals surface area contributed by atoms with Crippen molar-refractivity contribution in [3.05, 3.63) is 34.3 Å². The Bertz CT molecular complexity index is 390. The number of rotatable bonds is 2. The Balaban J connectivity index is 0.00000162. The Labute approximate surface area is 122 Å². The molecule has 5 heteroatoms. The number of nitrogens with zero attached hydrogens (tertiary/aromatic N) is 1. The lowest BCUT2D eigenvalue weighted by Gasteiger charge is -2.31. The van der Waals surface area contributed by atoms with E-state index in [1.807, 2.05) is 36.2 Å². The van der Waals surface area contributed by atoms with Gasteiger partial charge < -0.3 is 10.2 Å². The van der Waals surface area contributed by atoms with Crippen LogP contribution in [0.2, 0.25) is 0 Å².